The first-order valence-corrected chi connectivity index (χ1v) is 8.15. The lowest BCUT2D eigenvalue weighted by Crippen LogP contribution is -2.42. The van der Waals surface area contributed by atoms with E-state index >= 15 is 0 Å². The summed E-state index contributed by atoms with van der Waals surface area (Å²) in [4.78, 5) is 0.154. The highest BCUT2D eigenvalue weighted by Crippen LogP contribution is 2.17. The van der Waals surface area contributed by atoms with E-state index in [9.17, 15) is 8.42 Å². The molecule has 1 aromatic rings. The Labute approximate surface area is 114 Å². The van der Waals surface area contributed by atoms with Gasteiger partial charge in [0.05, 0.1) is 4.90 Å². The minimum Gasteiger partial charge on any atom is -0.248 e. The average molecular weight is 283 g/mol. The third-order valence-corrected chi connectivity index (χ3v) is 4.37. The maximum atomic E-state index is 11.2. The molecule has 0 spiro atoms. The monoisotopic (exact) mass is 283 g/mol. The van der Waals surface area contributed by atoms with Gasteiger partial charge in [-0.25, -0.2) is 24.0 Å². The summed E-state index contributed by atoms with van der Waals surface area (Å²) in [5.74, 6) is 0. The molecule has 1 atom stereocenters. The van der Waals surface area contributed by atoms with Crippen LogP contribution in [0.15, 0.2) is 29.2 Å². The Bertz CT molecular complexity index is 507. The van der Waals surface area contributed by atoms with Gasteiger partial charge in [-0.2, -0.15) is 0 Å². The molecule has 1 unspecified atom stereocenters. The van der Waals surface area contributed by atoms with Gasteiger partial charge < -0.3 is 0 Å². The zero-order valence-corrected chi connectivity index (χ0v) is 12.0. The summed E-state index contributed by atoms with van der Waals surface area (Å²) >= 11 is 0. The van der Waals surface area contributed by atoms with Gasteiger partial charge in [-0.15, -0.1) is 0 Å². The molecule has 0 bridgehead atoms. The van der Waals surface area contributed by atoms with Gasteiger partial charge in [0.15, 0.2) is 0 Å². The molecule has 0 aromatic heterocycles. The van der Waals surface area contributed by atoms with Crippen LogP contribution in [0, 0.1) is 0 Å². The summed E-state index contributed by atoms with van der Waals surface area (Å²) in [5.41, 5.74) is 4.50. The number of piperidine rings is 1. The van der Waals surface area contributed by atoms with Gasteiger partial charge in [0.1, 0.15) is 0 Å². The zero-order valence-electron chi connectivity index (χ0n) is 11.2. The van der Waals surface area contributed by atoms with Gasteiger partial charge in [-0.05, 0) is 37.5 Å². The SMILES string of the molecule is CC(NN1CCCCC1)c1ccc(S(N)(=O)=O)cc1. The minimum absolute atomic E-state index is 0.154. The van der Waals surface area contributed by atoms with Gasteiger partial charge in [-0.1, -0.05) is 18.6 Å². The largest absolute Gasteiger partial charge is 0.248 e. The van der Waals surface area contributed by atoms with Gasteiger partial charge in [-0.3, -0.25) is 0 Å². The standard InChI is InChI=1S/C13H21N3O2S/c1-11(15-16-9-3-2-4-10-16)12-5-7-13(8-6-12)19(14,17)18/h5-8,11,15H,2-4,9-10H2,1H3,(H2,14,17,18). The summed E-state index contributed by atoms with van der Waals surface area (Å²) in [6, 6.07) is 6.88. The summed E-state index contributed by atoms with van der Waals surface area (Å²) in [7, 11) is -3.60. The first kappa shape index (κ1) is 14.5. The second-order valence-electron chi connectivity index (χ2n) is 5.01. The lowest BCUT2D eigenvalue weighted by Gasteiger charge is -2.30. The summed E-state index contributed by atoms with van der Waals surface area (Å²) in [6.07, 6.45) is 3.75. The van der Waals surface area contributed by atoms with Crippen molar-refractivity contribution in [3.8, 4) is 0 Å². The van der Waals surface area contributed by atoms with E-state index in [1.807, 2.05) is 0 Å². The van der Waals surface area contributed by atoms with Crippen molar-refractivity contribution in [1.29, 1.82) is 0 Å². The van der Waals surface area contributed by atoms with Crippen molar-refractivity contribution >= 4 is 10.0 Å². The number of hydrazine groups is 1. The number of nitrogens with zero attached hydrogens (tertiary/aromatic N) is 1. The topological polar surface area (TPSA) is 75.4 Å². The highest BCUT2D eigenvalue weighted by Gasteiger charge is 2.14. The molecule has 0 saturated carbocycles. The molecular weight excluding hydrogens is 262 g/mol. The molecule has 1 aliphatic heterocycles. The quantitative estimate of drug-likeness (QED) is 0.875. The zero-order chi connectivity index (χ0) is 13.9. The molecule has 1 heterocycles. The Hall–Kier alpha value is -0.950. The van der Waals surface area contributed by atoms with E-state index in [0.29, 0.717) is 0 Å². The third-order valence-electron chi connectivity index (χ3n) is 3.44. The fourth-order valence-electron chi connectivity index (χ4n) is 2.32. The van der Waals surface area contributed by atoms with E-state index in [2.05, 4.69) is 17.4 Å². The van der Waals surface area contributed by atoms with E-state index < -0.39 is 10.0 Å². The first-order valence-electron chi connectivity index (χ1n) is 6.61. The number of sulfonamides is 1. The van der Waals surface area contributed by atoms with Crippen LogP contribution >= 0.6 is 0 Å². The number of hydrogen-bond donors (Lipinski definition) is 2. The van der Waals surface area contributed by atoms with Crippen LogP contribution in [0.1, 0.15) is 37.8 Å². The van der Waals surface area contributed by atoms with E-state index in [1.165, 1.54) is 19.3 Å². The van der Waals surface area contributed by atoms with Crippen LogP contribution in [0.2, 0.25) is 0 Å². The third kappa shape index (κ3) is 4.01. The molecule has 1 saturated heterocycles. The van der Waals surface area contributed by atoms with Crippen molar-refractivity contribution in [2.45, 2.75) is 37.1 Å². The normalized spacial score (nSPS) is 19.3. The Balaban J connectivity index is 2.01. The maximum Gasteiger partial charge on any atom is 0.238 e. The van der Waals surface area contributed by atoms with Crippen LogP contribution < -0.4 is 10.6 Å². The van der Waals surface area contributed by atoms with E-state index in [4.69, 9.17) is 5.14 Å². The average Bonchev–Trinajstić information content (AvgIpc) is 2.39. The number of nitrogens with two attached hydrogens (primary N) is 1. The predicted molar refractivity (Wildman–Crippen MR) is 74.8 cm³/mol. The molecule has 3 N–H and O–H groups in total. The van der Waals surface area contributed by atoms with Crippen molar-refractivity contribution in [3.05, 3.63) is 29.8 Å². The molecule has 0 amide bonds. The van der Waals surface area contributed by atoms with Crippen molar-refractivity contribution < 1.29 is 8.42 Å². The highest BCUT2D eigenvalue weighted by atomic mass is 32.2. The lowest BCUT2D eigenvalue weighted by atomic mass is 10.1. The Morgan fingerprint density at radius 3 is 2.26 bits per heavy atom. The van der Waals surface area contributed by atoms with Crippen molar-refractivity contribution in [2.75, 3.05) is 13.1 Å². The fourth-order valence-corrected chi connectivity index (χ4v) is 2.83. The summed E-state index contributed by atoms with van der Waals surface area (Å²) in [5, 5.41) is 7.32. The molecule has 1 fully saturated rings. The lowest BCUT2D eigenvalue weighted by molar-refractivity contribution is 0.133. The molecular formula is C13H21N3O2S. The smallest absolute Gasteiger partial charge is 0.238 e. The molecule has 19 heavy (non-hydrogen) atoms. The fraction of sp³-hybridized carbons (Fsp3) is 0.538. The number of nitrogens with one attached hydrogen (secondary N) is 1. The molecule has 0 radical (unpaired) electrons. The van der Waals surface area contributed by atoms with Crippen LogP contribution in [-0.2, 0) is 10.0 Å². The molecule has 6 heteroatoms. The van der Waals surface area contributed by atoms with Crippen molar-refractivity contribution in [2.24, 2.45) is 5.14 Å². The van der Waals surface area contributed by atoms with Gasteiger partial charge >= 0.3 is 0 Å². The van der Waals surface area contributed by atoms with Crippen molar-refractivity contribution in [3.63, 3.8) is 0 Å². The van der Waals surface area contributed by atoms with Crippen LogP contribution in [0.25, 0.3) is 0 Å². The van der Waals surface area contributed by atoms with Crippen molar-refractivity contribution in [1.82, 2.24) is 10.4 Å². The molecule has 106 valence electrons. The second-order valence-corrected chi connectivity index (χ2v) is 6.57. The molecule has 1 aromatic carbocycles. The van der Waals surface area contributed by atoms with E-state index in [1.54, 1.807) is 24.3 Å². The van der Waals surface area contributed by atoms with Gasteiger partial charge in [0.25, 0.3) is 0 Å². The number of rotatable bonds is 4. The highest BCUT2D eigenvalue weighted by molar-refractivity contribution is 7.89. The number of primary sulfonamides is 1. The number of benzene rings is 1. The second kappa shape index (κ2) is 6.00. The van der Waals surface area contributed by atoms with E-state index in [-0.39, 0.29) is 10.9 Å². The van der Waals surface area contributed by atoms with Crippen LogP contribution in [0.5, 0.6) is 0 Å². The Morgan fingerprint density at radius 1 is 1.16 bits per heavy atom. The molecule has 2 rings (SSSR count). The van der Waals surface area contributed by atoms with Crippen LogP contribution in [0.4, 0.5) is 0 Å². The predicted octanol–water partition coefficient (Wildman–Crippen LogP) is 1.39. The van der Waals surface area contributed by atoms with Gasteiger partial charge in [0.2, 0.25) is 10.0 Å². The van der Waals surface area contributed by atoms with Crippen LogP contribution in [0.3, 0.4) is 0 Å². The Morgan fingerprint density at radius 2 is 1.74 bits per heavy atom. The molecule has 0 aliphatic carbocycles. The maximum absolute atomic E-state index is 11.2. The summed E-state index contributed by atoms with van der Waals surface area (Å²) < 4.78 is 22.4. The van der Waals surface area contributed by atoms with Crippen LogP contribution in [-0.4, -0.2) is 26.5 Å². The van der Waals surface area contributed by atoms with E-state index in [0.717, 1.165) is 18.7 Å². The van der Waals surface area contributed by atoms with Gasteiger partial charge in [0, 0.05) is 19.1 Å². The number of hydrogen-bond acceptors (Lipinski definition) is 4. The Kier molecular flexibility index (Phi) is 4.57. The minimum atomic E-state index is -3.60. The molecule has 1 aliphatic rings. The summed E-state index contributed by atoms with van der Waals surface area (Å²) in [6.45, 7) is 4.21. The molecule has 5 nitrogen and oxygen atoms in total. The first-order chi connectivity index (χ1) is 8.97.